The maximum absolute atomic E-state index is 9.70. The Morgan fingerprint density at radius 2 is 2.10 bits per heavy atom. The highest BCUT2D eigenvalue weighted by molar-refractivity contribution is 7.99. The first-order valence-corrected chi connectivity index (χ1v) is 9.91. The van der Waals surface area contributed by atoms with E-state index in [-0.39, 0.29) is 5.54 Å². The van der Waals surface area contributed by atoms with Gasteiger partial charge in [0.25, 0.3) is 0 Å². The fraction of sp³-hybridized carbons (Fsp3) is 0.944. The first kappa shape index (κ1) is 17.2. The summed E-state index contributed by atoms with van der Waals surface area (Å²) in [5.74, 6) is 2.72. The Morgan fingerprint density at radius 3 is 2.76 bits per heavy atom. The summed E-state index contributed by atoms with van der Waals surface area (Å²) in [6.07, 6.45) is 10.4. The number of hydrogen-bond acceptors (Lipinski definition) is 3. The van der Waals surface area contributed by atoms with E-state index >= 15 is 0 Å². The van der Waals surface area contributed by atoms with E-state index in [9.17, 15) is 5.26 Å². The van der Waals surface area contributed by atoms with Crippen molar-refractivity contribution in [2.24, 2.45) is 11.8 Å². The second-order valence-corrected chi connectivity index (χ2v) is 8.93. The van der Waals surface area contributed by atoms with Crippen molar-refractivity contribution in [2.45, 2.75) is 89.0 Å². The van der Waals surface area contributed by atoms with E-state index in [1.165, 1.54) is 50.7 Å². The molecular formula is C18H32N2S. The Balaban J connectivity index is 1.80. The first-order valence-electron chi connectivity index (χ1n) is 8.86. The molecule has 120 valence electrons. The lowest BCUT2D eigenvalue weighted by molar-refractivity contribution is 0.289. The molecular weight excluding hydrogens is 276 g/mol. The molecule has 0 aromatic rings. The maximum Gasteiger partial charge on any atom is 0.109 e. The first-order chi connectivity index (χ1) is 10.1. The van der Waals surface area contributed by atoms with E-state index in [4.69, 9.17) is 0 Å². The average Bonchev–Trinajstić information content (AvgIpc) is 2.82. The monoisotopic (exact) mass is 308 g/mol. The molecule has 0 radical (unpaired) electrons. The van der Waals surface area contributed by atoms with Crippen molar-refractivity contribution < 1.29 is 0 Å². The van der Waals surface area contributed by atoms with Crippen molar-refractivity contribution >= 4 is 11.8 Å². The van der Waals surface area contributed by atoms with Crippen molar-refractivity contribution in [1.29, 1.82) is 5.26 Å². The highest BCUT2D eigenvalue weighted by Crippen LogP contribution is 2.40. The molecule has 1 N–H and O–H groups in total. The standard InChI is InChI=1S/C18H32N2S/c1-14(2)20-18(13-19)10-5-7-16(18)9-11-21-17-8-4-6-15(3)12-17/h14-17,20H,4-12H2,1-3H3. The zero-order valence-corrected chi connectivity index (χ0v) is 14.8. The zero-order valence-electron chi connectivity index (χ0n) is 14.0. The van der Waals surface area contributed by atoms with E-state index < -0.39 is 0 Å². The van der Waals surface area contributed by atoms with E-state index in [0.29, 0.717) is 12.0 Å². The molecule has 0 aromatic carbocycles. The summed E-state index contributed by atoms with van der Waals surface area (Å²) in [6.45, 7) is 6.72. The van der Waals surface area contributed by atoms with Crippen molar-refractivity contribution in [3.05, 3.63) is 0 Å². The number of nitriles is 1. The van der Waals surface area contributed by atoms with Crippen molar-refractivity contribution in [3.63, 3.8) is 0 Å². The number of nitrogens with zero attached hydrogens (tertiary/aromatic N) is 1. The van der Waals surface area contributed by atoms with Crippen LogP contribution in [0.15, 0.2) is 0 Å². The van der Waals surface area contributed by atoms with Crippen LogP contribution < -0.4 is 5.32 Å². The molecule has 0 spiro atoms. The van der Waals surface area contributed by atoms with Gasteiger partial charge in [0, 0.05) is 11.3 Å². The van der Waals surface area contributed by atoms with Gasteiger partial charge in [0.2, 0.25) is 0 Å². The van der Waals surface area contributed by atoms with Crippen LogP contribution in [-0.2, 0) is 0 Å². The minimum atomic E-state index is -0.241. The molecule has 3 heteroatoms. The number of hydrogen-bond donors (Lipinski definition) is 1. The largest absolute Gasteiger partial charge is 0.297 e. The molecule has 0 aromatic heterocycles. The van der Waals surface area contributed by atoms with Crippen LogP contribution in [0.5, 0.6) is 0 Å². The third-order valence-corrected chi connectivity index (χ3v) is 6.65. The molecule has 0 aliphatic heterocycles. The second-order valence-electron chi connectivity index (χ2n) is 7.52. The lowest BCUT2D eigenvalue weighted by Gasteiger charge is -2.32. The molecule has 21 heavy (non-hydrogen) atoms. The lowest BCUT2D eigenvalue weighted by atomic mass is 9.86. The zero-order chi connectivity index (χ0) is 15.3. The van der Waals surface area contributed by atoms with Crippen molar-refractivity contribution in [2.75, 3.05) is 5.75 Å². The van der Waals surface area contributed by atoms with Gasteiger partial charge in [-0.1, -0.05) is 26.2 Å². The van der Waals surface area contributed by atoms with Crippen LogP contribution in [0.25, 0.3) is 0 Å². The number of rotatable bonds is 6. The Morgan fingerprint density at radius 1 is 1.29 bits per heavy atom. The van der Waals surface area contributed by atoms with Crippen molar-refractivity contribution in [1.82, 2.24) is 5.32 Å². The SMILES string of the molecule is CC1CCCC(SCCC2CCCC2(C#N)NC(C)C)C1. The van der Waals surface area contributed by atoms with Gasteiger partial charge in [0.05, 0.1) is 6.07 Å². The van der Waals surface area contributed by atoms with E-state index in [1.807, 2.05) is 0 Å². The Hall–Kier alpha value is -0.200. The minimum Gasteiger partial charge on any atom is -0.297 e. The Bertz CT molecular complexity index is 363. The molecule has 2 aliphatic rings. The maximum atomic E-state index is 9.70. The Kier molecular flexibility index (Phi) is 6.44. The highest BCUT2D eigenvalue weighted by Gasteiger charge is 2.43. The van der Waals surface area contributed by atoms with E-state index in [2.05, 4.69) is 43.9 Å². The number of nitrogens with one attached hydrogen (secondary N) is 1. The third kappa shape index (κ3) is 4.63. The molecule has 2 nitrogen and oxygen atoms in total. The molecule has 0 bridgehead atoms. The molecule has 0 amide bonds. The molecule has 2 fully saturated rings. The molecule has 2 aliphatic carbocycles. The summed E-state index contributed by atoms with van der Waals surface area (Å²) in [4.78, 5) is 0. The lowest BCUT2D eigenvalue weighted by Crippen LogP contribution is -2.50. The molecule has 2 saturated carbocycles. The van der Waals surface area contributed by atoms with E-state index in [0.717, 1.165) is 17.6 Å². The molecule has 0 heterocycles. The summed E-state index contributed by atoms with van der Waals surface area (Å²) in [6, 6.07) is 3.03. The predicted octanol–water partition coefficient (Wildman–Crippen LogP) is 4.75. The normalized spacial score (nSPS) is 36.8. The summed E-state index contributed by atoms with van der Waals surface area (Å²) in [7, 11) is 0. The van der Waals surface area contributed by atoms with Crippen LogP contribution in [0.1, 0.15) is 72.1 Å². The van der Waals surface area contributed by atoms with Crippen LogP contribution >= 0.6 is 11.8 Å². The van der Waals surface area contributed by atoms with Gasteiger partial charge in [0.1, 0.15) is 5.54 Å². The summed E-state index contributed by atoms with van der Waals surface area (Å²) in [5, 5.41) is 14.2. The molecule has 0 saturated heterocycles. The van der Waals surface area contributed by atoms with Gasteiger partial charge < -0.3 is 0 Å². The van der Waals surface area contributed by atoms with Gasteiger partial charge in [-0.2, -0.15) is 17.0 Å². The number of thioether (sulfide) groups is 1. The van der Waals surface area contributed by atoms with Crippen LogP contribution in [-0.4, -0.2) is 22.6 Å². The highest BCUT2D eigenvalue weighted by atomic mass is 32.2. The van der Waals surface area contributed by atoms with Gasteiger partial charge in [-0.15, -0.1) is 0 Å². The summed E-state index contributed by atoms with van der Waals surface area (Å²) < 4.78 is 0. The topological polar surface area (TPSA) is 35.8 Å². The van der Waals surface area contributed by atoms with Gasteiger partial charge in [-0.25, -0.2) is 0 Å². The summed E-state index contributed by atoms with van der Waals surface area (Å²) >= 11 is 2.18. The van der Waals surface area contributed by atoms with Crippen molar-refractivity contribution in [3.8, 4) is 6.07 Å². The van der Waals surface area contributed by atoms with Gasteiger partial charge in [-0.05, 0) is 63.5 Å². The molecule has 4 unspecified atom stereocenters. The van der Waals surface area contributed by atoms with Gasteiger partial charge in [0.15, 0.2) is 0 Å². The summed E-state index contributed by atoms with van der Waals surface area (Å²) in [5.41, 5.74) is -0.241. The fourth-order valence-electron chi connectivity index (χ4n) is 4.26. The third-order valence-electron chi connectivity index (χ3n) is 5.27. The van der Waals surface area contributed by atoms with Crippen LogP contribution in [0.2, 0.25) is 0 Å². The fourth-order valence-corrected chi connectivity index (χ4v) is 5.81. The van der Waals surface area contributed by atoms with Gasteiger partial charge in [-0.3, -0.25) is 5.32 Å². The molecule has 2 rings (SSSR count). The predicted molar refractivity (Wildman–Crippen MR) is 92.5 cm³/mol. The molecule has 4 atom stereocenters. The second kappa shape index (κ2) is 7.88. The average molecular weight is 309 g/mol. The van der Waals surface area contributed by atoms with Crippen LogP contribution in [0, 0.1) is 23.2 Å². The van der Waals surface area contributed by atoms with Crippen LogP contribution in [0.4, 0.5) is 0 Å². The van der Waals surface area contributed by atoms with E-state index in [1.54, 1.807) is 0 Å². The smallest absolute Gasteiger partial charge is 0.109 e. The quantitative estimate of drug-likeness (QED) is 0.769. The van der Waals surface area contributed by atoms with Gasteiger partial charge >= 0.3 is 0 Å². The minimum absolute atomic E-state index is 0.241. The Labute approximate surface area is 135 Å². The van der Waals surface area contributed by atoms with Crippen LogP contribution in [0.3, 0.4) is 0 Å².